The molecule has 0 fully saturated rings. The van der Waals surface area contributed by atoms with E-state index in [1.54, 1.807) is 24.4 Å². The summed E-state index contributed by atoms with van der Waals surface area (Å²) in [6.07, 6.45) is 3.09. The maximum absolute atomic E-state index is 11.3. The molecule has 0 radical (unpaired) electrons. The Hall–Kier alpha value is -2.30. The van der Waals surface area contributed by atoms with Crippen LogP contribution in [0, 0.1) is 0 Å². The van der Waals surface area contributed by atoms with E-state index in [1.807, 2.05) is 0 Å². The molecule has 0 unspecified atom stereocenters. The van der Waals surface area contributed by atoms with Gasteiger partial charge in [0.2, 0.25) is 0 Å². The first-order chi connectivity index (χ1) is 7.20. The fraction of sp³-hybridized carbons (Fsp3) is 0. The zero-order valence-electron chi connectivity index (χ0n) is 7.65. The number of hydrogen-bond donors (Lipinski definition) is 3. The highest BCUT2D eigenvalue weighted by atomic mass is 16.4. The van der Waals surface area contributed by atoms with Crippen molar-refractivity contribution in [2.75, 3.05) is 0 Å². The van der Waals surface area contributed by atoms with Crippen molar-refractivity contribution in [3.63, 3.8) is 0 Å². The van der Waals surface area contributed by atoms with Crippen molar-refractivity contribution in [3.8, 4) is 11.3 Å². The van der Waals surface area contributed by atoms with E-state index < -0.39 is 11.5 Å². The summed E-state index contributed by atoms with van der Waals surface area (Å²) in [5.74, 6) is -1.23. The largest absolute Gasteiger partial charge is 0.477 e. The van der Waals surface area contributed by atoms with E-state index in [4.69, 9.17) is 5.11 Å². The predicted molar refractivity (Wildman–Crippen MR) is 53.8 cm³/mol. The van der Waals surface area contributed by atoms with Gasteiger partial charge in [0.15, 0.2) is 0 Å². The molecule has 0 saturated carbocycles. The fourth-order valence-electron chi connectivity index (χ4n) is 1.41. The fourth-order valence-corrected chi connectivity index (χ4v) is 1.41. The number of rotatable bonds is 2. The van der Waals surface area contributed by atoms with E-state index in [9.17, 15) is 9.59 Å². The first kappa shape index (κ1) is 9.26. The summed E-state index contributed by atoms with van der Waals surface area (Å²) < 4.78 is 0. The lowest BCUT2D eigenvalue weighted by molar-refractivity contribution is 0.0696. The molecule has 2 aromatic rings. The van der Waals surface area contributed by atoms with Crippen molar-refractivity contribution in [2.24, 2.45) is 0 Å². The molecule has 5 heteroatoms. The molecule has 0 spiro atoms. The Labute approximate surface area is 84.4 Å². The highest BCUT2D eigenvalue weighted by molar-refractivity contribution is 5.94. The third kappa shape index (κ3) is 1.54. The summed E-state index contributed by atoms with van der Waals surface area (Å²) >= 11 is 0. The zero-order chi connectivity index (χ0) is 10.8. The first-order valence-electron chi connectivity index (χ1n) is 4.29. The monoisotopic (exact) mass is 204 g/mol. The van der Waals surface area contributed by atoms with Gasteiger partial charge in [-0.1, -0.05) is 0 Å². The lowest BCUT2D eigenvalue weighted by Gasteiger charge is -2.01. The second-order valence-electron chi connectivity index (χ2n) is 2.98. The van der Waals surface area contributed by atoms with E-state index >= 15 is 0 Å². The number of carbonyl (C=O) groups is 1. The quantitative estimate of drug-likeness (QED) is 0.683. The molecule has 76 valence electrons. The number of aromatic nitrogens is 2. The molecule has 0 aliphatic heterocycles. The number of aromatic carboxylic acids is 1. The van der Waals surface area contributed by atoms with E-state index in [-0.39, 0.29) is 5.56 Å². The van der Waals surface area contributed by atoms with Gasteiger partial charge in [-0.05, 0) is 18.2 Å². The topological polar surface area (TPSA) is 85.9 Å². The number of H-pyrrole nitrogens is 2. The SMILES string of the molecule is O=C(O)c1c(-c2ccc[nH]2)cc[nH]c1=O. The number of carboxylic acids is 1. The van der Waals surface area contributed by atoms with Crippen LogP contribution in [0.15, 0.2) is 35.4 Å². The van der Waals surface area contributed by atoms with Gasteiger partial charge in [0.05, 0.1) is 0 Å². The molecule has 2 aromatic heterocycles. The summed E-state index contributed by atoms with van der Waals surface area (Å²) in [6.45, 7) is 0. The van der Waals surface area contributed by atoms with Crippen LogP contribution in [0.4, 0.5) is 0 Å². The van der Waals surface area contributed by atoms with E-state index in [0.29, 0.717) is 11.3 Å². The third-order valence-corrected chi connectivity index (χ3v) is 2.06. The smallest absolute Gasteiger partial charge is 0.342 e. The van der Waals surface area contributed by atoms with Gasteiger partial charge in [0.25, 0.3) is 5.56 Å². The summed E-state index contributed by atoms with van der Waals surface area (Å²) in [5, 5.41) is 8.91. The van der Waals surface area contributed by atoms with Gasteiger partial charge in [0.1, 0.15) is 5.56 Å². The van der Waals surface area contributed by atoms with Gasteiger partial charge < -0.3 is 15.1 Å². The van der Waals surface area contributed by atoms with Crippen LogP contribution in [0.2, 0.25) is 0 Å². The molecular weight excluding hydrogens is 196 g/mol. The van der Waals surface area contributed by atoms with Crippen molar-refractivity contribution < 1.29 is 9.90 Å². The normalized spacial score (nSPS) is 10.1. The third-order valence-electron chi connectivity index (χ3n) is 2.06. The number of pyridine rings is 1. The Morgan fingerprint density at radius 3 is 2.60 bits per heavy atom. The molecule has 0 saturated heterocycles. The van der Waals surface area contributed by atoms with Crippen LogP contribution in [0.5, 0.6) is 0 Å². The minimum atomic E-state index is -1.23. The molecule has 0 aliphatic carbocycles. The maximum atomic E-state index is 11.3. The molecular formula is C10H8N2O3. The molecule has 0 atom stereocenters. The van der Waals surface area contributed by atoms with Crippen molar-refractivity contribution in [3.05, 3.63) is 46.5 Å². The minimum Gasteiger partial charge on any atom is -0.477 e. The van der Waals surface area contributed by atoms with E-state index in [1.165, 1.54) is 6.20 Å². The average molecular weight is 204 g/mol. The summed E-state index contributed by atoms with van der Waals surface area (Å²) in [6, 6.07) is 5.00. The Morgan fingerprint density at radius 2 is 2.00 bits per heavy atom. The van der Waals surface area contributed by atoms with Crippen molar-refractivity contribution in [1.29, 1.82) is 0 Å². The van der Waals surface area contributed by atoms with Crippen LogP contribution in [-0.2, 0) is 0 Å². The van der Waals surface area contributed by atoms with Crippen LogP contribution in [0.3, 0.4) is 0 Å². The number of aromatic amines is 2. The Morgan fingerprint density at radius 1 is 1.20 bits per heavy atom. The summed E-state index contributed by atoms with van der Waals surface area (Å²) in [4.78, 5) is 27.4. The van der Waals surface area contributed by atoms with Crippen LogP contribution in [0.1, 0.15) is 10.4 Å². The predicted octanol–water partition coefficient (Wildman–Crippen LogP) is 1.07. The second-order valence-corrected chi connectivity index (χ2v) is 2.98. The number of hydrogen-bond acceptors (Lipinski definition) is 2. The van der Waals surface area contributed by atoms with Crippen molar-refractivity contribution in [2.45, 2.75) is 0 Å². The number of nitrogens with one attached hydrogen (secondary N) is 2. The molecule has 5 nitrogen and oxygen atoms in total. The minimum absolute atomic E-state index is 0.250. The molecule has 2 rings (SSSR count). The molecule has 0 amide bonds. The average Bonchev–Trinajstić information content (AvgIpc) is 2.69. The van der Waals surface area contributed by atoms with E-state index in [0.717, 1.165) is 0 Å². The van der Waals surface area contributed by atoms with Gasteiger partial charge in [-0.25, -0.2) is 4.79 Å². The van der Waals surface area contributed by atoms with Crippen LogP contribution >= 0.6 is 0 Å². The highest BCUT2D eigenvalue weighted by Gasteiger charge is 2.15. The molecule has 2 heterocycles. The lowest BCUT2D eigenvalue weighted by Crippen LogP contribution is -2.18. The summed E-state index contributed by atoms with van der Waals surface area (Å²) in [7, 11) is 0. The van der Waals surface area contributed by atoms with Gasteiger partial charge in [-0.15, -0.1) is 0 Å². The van der Waals surface area contributed by atoms with Crippen LogP contribution in [0.25, 0.3) is 11.3 Å². The van der Waals surface area contributed by atoms with Crippen molar-refractivity contribution >= 4 is 5.97 Å². The molecule has 0 aromatic carbocycles. The van der Waals surface area contributed by atoms with Gasteiger partial charge in [-0.2, -0.15) is 0 Å². The molecule has 0 bridgehead atoms. The van der Waals surface area contributed by atoms with Crippen molar-refractivity contribution in [1.82, 2.24) is 9.97 Å². The number of carboxylic acid groups (broad SMARTS) is 1. The maximum Gasteiger partial charge on any atom is 0.342 e. The van der Waals surface area contributed by atoms with Crippen LogP contribution in [-0.4, -0.2) is 21.0 Å². The Bertz CT molecular complexity index is 540. The Kier molecular flexibility index (Phi) is 2.13. The van der Waals surface area contributed by atoms with Gasteiger partial charge in [-0.3, -0.25) is 4.79 Å². The molecule has 0 aliphatic rings. The molecule has 3 N–H and O–H groups in total. The standard InChI is InChI=1S/C10H8N2O3/c13-9-8(10(14)15)6(3-5-12-9)7-2-1-4-11-7/h1-5,11H,(H,12,13)(H,14,15). The van der Waals surface area contributed by atoms with Gasteiger partial charge >= 0.3 is 5.97 Å². The molecule has 15 heavy (non-hydrogen) atoms. The Balaban J connectivity index is 2.72. The van der Waals surface area contributed by atoms with Gasteiger partial charge in [0, 0.05) is 23.7 Å². The lowest BCUT2D eigenvalue weighted by atomic mass is 10.1. The zero-order valence-corrected chi connectivity index (χ0v) is 7.65. The summed E-state index contributed by atoms with van der Waals surface area (Å²) in [5.41, 5.74) is 0.143. The second kappa shape index (κ2) is 3.45. The highest BCUT2D eigenvalue weighted by Crippen LogP contribution is 2.18. The first-order valence-corrected chi connectivity index (χ1v) is 4.29. The van der Waals surface area contributed by atoms with Crippen LogP contribution < -0.4 is 5.56 Å². The van der Waals surface area contributed by atoms with E-state index in [2.05, 4.69) is 9.97 Å².